The van der Waals surface area contributed by atoms with Gasteiger partial charge in [0.1, 0.15) is 5.75 Å². The van der Waals surface area contributed by atoms with Gasteiger partial charge >= 0.3 is 5.97 Å². The number of methoxy groups -OCH3 is 2. The second kappa shape index (κ2) is 4.63. The van der Waals surface area contributed by atoms with Crippen molar-refractivity contribution in [2.24, 2.45) is 0 Å². The van der Waals surface area contributed by atoms with Crippen molar-refractivity contribution in [2.45, 2.75) is 4.90 Å². The van der Waals surface area contributed by atoms with E-state index in [4.69, 9.17) is 9.47 Å². The van der Waals surface area contributed by atoms with Gasteiger partial charge in [0.15, 0.2) is 0 Å². The summed E-state index contributed by atoms with van der Waals surface area (Å²) < 4.78 is 9.87. The smallest absolute Gasteiger partial charge is 0.339 e. The monoisotopic (exact) mass is 249 g/mol. The van der Waals surface area contributed by atoms with E-state index in [-0.39, 0.29) is 0 Å². The molecule has 0 aliphatic heterocycles. The Morgan fingerprint density at radius 3 is 2.76 bits per heavy atom. The van der Waals surface area contributed by atoms with Gasteiger partial charge in [-0.2, -0.15) is 0 Å². The highest BCUT2D eigenvalue weighted by molar-refractivity contribution is 7.80. The average Bonchev–Trinajstić information content (AvgIpc) is 2.37. The quantitative estimate of drug-likeness (QED) is 0.655. The van der Waals surface area contributed by atoms with E-state index in [1.54, 1.807) is 25.3 Å². The zero-order valence-electron chi connectivity index (χ0n) is 9.43. The highest BCUT2D eigenvalue weighted by atomic mass is 32.1. The molecule has 0 unspecified atom stereocenters. The van der Waals surface area contributed by atoms with Crippen LogP contribution in [0.15, 0.2) is 29.3 Å². The Bertz CT molecular complexity index is 583. The van der Waals surface area contributed by atoms with Gasteiger partial charge in [0.25, 0.3) is 0 Å². The molecule has 0 atom stereocenters. The summed E-state index contributed by atoms with van der Waals surface area (Å²) in [5.41, 5.74) is 1.10. The van der Waals surface area contributed by atoms with E-state index in [1.165, 1.54) is 13.3 Å². The van der Waals surface area contributed by atoms with Crippen LogP contribution in [-0.2, 0) is 4.74 Å². The van der Waals surface area contributed by atoms with Crippen molar-refractivity contribution in [1.29, 1.82) is 0 Å². The maximum Gasteiger partial charge on any atom is 0.339 e. The van der Waals surface area contributed by atoms with Crippen LogP contribution in [0.2, 0.25) is 0 Å². The zero-order valence-corrected chi connectivity index (χ0v) is 10.3. The summed E-state index contributed by atoms with van der Waals surface area (Å²) in [7, 11) is 2.90. The number of carbonyl (C=O) groups excluding carboxylic acids is 1. The Morgan fingerprint density at radius 1 is 1.35 bits per heavy atom. The van der Waals surface area contributed by atoms with Gasteiger partial charge in [-0.3, -0.25) is 4.98 Å². The summed E-state index contributed by atoms with van der Waals surface area (Å²) in [4.78, 5) is 16.4. The van der Waals surface area contributed by atoms with Crippen LogP contribution < -0.4 is 4.74 Å². The van der Waals surface area contributed by atoms with Gasteiger partial charge in [-0.15, -0.1) is 12.6 Å². The van der Waals surface area contributed by atoms with E-state index >= 15 is 0 Å². The number of nitrogens with zero attached hydrogens (tertiary/aromatic N) is 1. The molecule has 88 valence electrons. The number of pyridine rings is 1. The van der Waals surface area contributed by atoms with Crippen LogP contribution in [0.4, 0.5) is 0 Å². The fraction of sp³-hybridized carbons (Fsp3) is 0.167. The molecule has 1 aromatic carbocycles. The number of ether oxygens (including phenoxy) is 2. The molecule has 0 saturated carbocycles. The molecule has 4 nitrogen and oxygen atoms in total. The lowest BCUT2D eigenvalue weighted by Crippen LogP contribution is -2.04. The third-order valence-corrected chi connectivity index (χ3v) is 2.78. The van der Waals surface area contributed by atoms with Crippen molar-refractivity contribution in [2.75, 3.05) is 14.2 Å². The molecule has 2 aromatic rings. The molecule has 2 rings (SSSR count). The molecule has 0 aliphatic carbocycles. The summed E-state index contributed by atoms with van der Waals surface area (Å²) in [5, 5.41) is 0.670. The number of hydrogen-bond donors (Lipinski definition) is 1. The summed E-state index contributed by atoms with van der Waals surface area (Å²) in [6, 6.07) is 5.32. The van der Waals surface area contributed by atoms with Crippen LogP contribution in [0, 0.1) is 0 Å². The zero-order chi connectivity index (χ0) is 12.4. The lowest BCUT2D eigenvalue weighted by atomic mass is 10.1. The normalized spacial score (nSPS) is 10.3. The van der Waals surface area contributed by atoms with Crippen molar-refractivity contribution in [1.82, 2.24) is 4.98 Å². The molecule has 5 heteroatoms. The molecule has 0 radical (unpaired) electrons. The predicted molar refractivity (Wildman–Crippen MR) is 66.9 cm³/mol. The number of thiol groups is 1. The number of benzene rings is 1. The predicted octanol–water partition coefficient (Wildman–Crippen LogP) is 2.32. The molecule has 0 amide bonds. The first-order valence-corrected chi connectivity index (χ1v) is 5.36. The largest absolute Gasteiger partial charge is 0.497 e. The van der Waals surface area contributed by atoms with Crippen LogP contribution in [0.3, 0.4) is 0 Å². The van der Waals surface area contributed by atoms with Crippen molar-refractivity contribution in [3.05, 3.63) is 30.0 Å². The molecule has 0 fully saturated rings. The molecule has 0 aliphatic rings. The number of aromatic nitrogens is 1. The Hall–Kier alpha value is -1.75. The maximum absolute atomic E-state index is 11.7. The average molecular weight is 249 g/mol. The minimum Gasteiger partial charge on any atom is -0.497 e. The molecule has 1 heterocycles. The number of hydrogen-bond acceptors (Lipinski definition) is 5. The van der Waals surface area contributed by atoms with Crippen LogP contribution >= 0.6 is 12.6 Å². The summed E-state index contributed by atoms with van der Waals surface area (Å²) in [6.07, 6.45) is 1.53. The van der Waals surface area contributed by atoms with E-state index in [0.29, 0.717) is 27.1 Å². The minimum absolute atomic E-state index is 0.403. The standard InChI is InChI=1S/C12H11NO3S/c1-15-7-3-4-9-8(5-7)11(12(14)16-2)10(17)6-13-9/h3-6,17H,1-2H3. The number of esters is 1. The van der Waals surface area contributed by atoms with Gasteiger partial charge in [0.2, 0.25) is 0 Å². The van der Waals surface area contributed by atoms with Crippen LogP contribution in [0.5, 0.6) is 5.75 Å². The SMILES string of the molecule is COC(=O)c1c(S)cnc2ccc(OC)cc12. The Kier molecular flexibility index (Phi) is 3.19. The van der Waals surface area contributed by atoms with Crippen LogP contribution in [-0.4, -0.2) is 25.2 Å². The minimum atomic E-state index is -0.435. The first-order valence-electron chi connectivity index (χ1n) is 4.91. The highest BCUT2D eigenvalue weighted by Crippen LogP contribution is 2.27. The van der Waals surface area contributed by atoms with E-state index < -0.39 is 5.97 Å². The van der Waals surface area contributed by atoms with Gasteiger partial charge in [-0.25, -0.2) is 4.79 Å². The molecule has 1 aromatic heterocycles. The number of fused-ring (bicyclic) bond motifs is 1. The summed E-state index contributed by atoms with van der Waals surface area (Å²) in [6.45, 7) is 0. The summed E-state index contributed by atoms with van der Waals surface area (Å²) >= 11 is 4.23. The molecule has 0 spiro atoms. The Labute approximate surface area is 104 Å². The lowest BCUT2D eigenvalue weighted by molar-refractivity contribution is 0.0599. The Morgan fingerprint density at radius 2 is 2.12 bits per heavy atom. The van der Waals surface area contributed by atoms with Crippen molar-refractivity contribution >= 4 is 29.5 Å². The van der Waals surface area contributed by atoms with Gasteiger partial charge in [0, 0.05) is 16.5 Å². The third kappa shape index (κ3) is 2.06. The van der Waals surface area contributed by atoms with Gasteiger partial charge < -0.3 is 9.47 Å². The summed E-state index contributed by atoms with van der Waals surface area (Å²) in [5.74, 6) is 0.221. The van der Waals surface area contributed by atoms with Gasteiger partial charge in [-0.1, -0.05) is 0 Å². The number of carbonyl (C=O) groups is 1. The van der Waals surface area contributed by atoms with E-state index in [2.05, 4.69) is 17.6 Å². The topological polar surface area (TPSA) is 48.4 Å². The fourth-order valence-electron chi connectivity index (χ4n) is 1.60. The lowest BCUT2D eigenvalue weighted by Gasteiger charge is -2.08. The molecular formula is C12H11NO3S. The number of rotatable bonds is 2. The van der Waals surface area contributed by atoms with E-state index in [1.807, 2.05) is 0 Å². The van der Waals surface area contributed by atoms with Crippen LogP contribution in [0.1, 0.15) is 10.4 Å². The first kappa shape index (κ1) is 11.7. The fourth-order valence-corrected chi connectivity index (χ4v) is 1.87. The van der Waals surface area contributed by atoms with E-state index in [0.717, 1.165) is 0 Å². The highest BCUT2D eigenvalue weighted by Gasteiger charge is 2.15. The molecular weight excluding hydrogens is 238 g/mol. The van der Waals surface area contributed by atoms with Crippen LogP contribution in [0.25, 0.3) is 10.9 Å². The molecule has 0 bridgehead atoms. The third-order valence-electron chi connectivity index (χ3n) is 2.44. The van der Waals surface area contributed by atoms with Gasteiger partial charge in [0.05, 0.1) is 25.3 Å². The molecule has 17 heavy (non-hydrogen) atoms. The van der Waals surface area contributed by atoms with Gasteiger partial charge in [-0.05, 0) is 18.2 Å². The second-order valence-corrected chi connectivity index (χ2v) is 3.87. The first-order chi connectivity index (χ1) is 8.17. The maximum atomic E-state index is 11.7. The molecule has 0 saturated heterocycles. The van der Waals surface area contributed by atoms with Crippen molar-refractivity contribution in [3.63, 3.8) is 0 Å². The van der Waals surface area contributed by atoms with E-state index in [9.17, 15) is 4.79 Å². The van der Waals surface area contributed by atoms with Crippen molar-refractivity contribution < 1.29 is 14.3 Å². The molecule has 0 N–H and O–H groups in total. The Balaban J connectivity index is 2.77. The van der Waals surface area contributed by atoms with Crippen molar-refractivity contribution in [3.8, 4) is 5.75 Å². The second-order valence-electron chi connectivity index (χ2n) is 3.39.